The summed E-state index contributed by atoms with van der Waals surface area (Å²) in [6.07, 6.45) is 3.15. The van der Waals surface area contributed by atoms with Crippen LogP contribution in [0.25, 0.3) is 16.6 Å². The number of hydrogen-bond acceptors (Lipinski definition) is 7. The number of nitrogens with two attached hydrogens (primary N) is 1. The lowest BCUT2D eigenvalue weighted by atomic mass is 9.93. The summed E-state index contributed by atoms with van der Waals surface area (Å²) >= 11 is 1.30. The van der Waals surface area contributed by atoms with Gasteiger partial charge in [0, 0.05) is 36.1 Å². The molecular formula is C19H17F2N7OS. The van der Waals surface area contributed by atoms with Crippen LogP contribution in [0.15, 0.2) is 23.7 Å². The molecule has 1 amide bonds. The highest BCUT2D eigenvalue weighted by Gasteiger charge is 2.33. The molecule has 0 unspecified atom stereocenters. The second kappa shape index (κ2) is 6.94. The third-order valence-corrected chi connectivity index (χ3v) is 6.22. The van der Waals surface area contributed by atoms with Crippen molar-refractivity contribution < 1.29 is 13.6 Å². The van der Waals surface area contributed by atoms with Gasteiger partial charge in [0.05, 0.1) is 5.39 Å². The molecular weight excluding hydrogens is 412 g/mol. The van der Waals surface area contributed by atoms with E-state index in [0.29, 0.717) is 17.4 Å². The number of amides is 1. The first kappa shape index (κ1) is 18.8. The van der Waals surface area contributed by atoms with E-state index in [1.165, 1.54) is 21.9 Å². The number of nitrogens with zero attached hydrogens (tertiary/aromatic N) is 6. The van der Waals surface area contributed by atoms with E-state index in [-0.39, 0.29) is 40.4 Å². The first-order chi connectivity index (χ1) is 14.4. The van der Waals surface area contributed by atoms with Gasteiger partial charge in [0.2, 0.25) is 5.95 Å². The Balaban J connectivity index is 1.55. The zero-order valence-electron chi connectivity index (χ0n) is 15.9. The van der Waals surface area contributed by atoms with Gasteiger partial charge in [-0.05, 0) is 25.8 Å². The van der Waals surface area contributed by atoms with Crippen molar-refractivity contribution in [1.82, 2.24) is 29.5 Å². The largest absolute Gasteiger partial charge is 0.368 e. The first-order valence-corrected chi connectivity index (χ1v) is 10.3. The Kier molecular flexibility index (Phi) is 4.35. The molecule has 8 nitrogen and oxygen atoms in total. The van der Waals surface area contributed by atoms with Crippen LogP contribution in [0.5, 0.6) is 0 Å². The van der Waals surface area contributed by atoms with Crippen LogP contribution in [0.3, 0.4) is 0 Å². The summed E-state index contributed by atoms with van der Waals surface area (Å²) in [6.45, 7) is 2.42. The summed E-state index contributed by atoms with van der Waals surface area (Å²) in [7, 11) is 0. The Bertz CT molecular complexity index is 1270. The number of hydrogen-bond donors (Lipinski definition) is 1. The Morgan fingerprint density at radius 1 is 1.27 bits per heavy atom. The number of benzene rings is 1. The van der Waals surface area contributed by atoms with Crippen LogP contribution in [0.1, 0.15) is 41.3 Å². The molecule has 1 saturated heterocycles. The van der Waals surface area contributed by atoms with Crippen molar-refractivity contribution in [3.05, 3.63) is 46.2 Å². The predicted octanol–water partition coefficient (Wildman–Crippen LogP) is 3.00. The van der Waals surface area contributed by atoms with Gasteiger partial charge in [0.15, 0.2) is 22.3 Å². The van der Waals surface area contributed by atoms with Crippen LogP contribution in [0.2, 0.25) is 0 Å². The van der Waals surface area contributed by atoms with Crippen LogP contribution >= 0.6 is 11.3 Å². The molecule has 2 N–H and O–H groups in total. The molecule has 0 aliphatic carbocycles. The molecule has 11 heteroatoms. The van der Waals surface area contributed by atoms with Gasteiger partial charge >= 0.3 is 0 Å². The SMILES string of the molecule is C[C@H]1CC[C@@H](c2nc3c4cc(F)cc(F)c4nc(N)n3n2)CN1C(=O)c1nccs1. The van der Waals surface area contributed by atoms with Crippen molar-refractivity contribution in [2.75, 3.05) is 12.3 Å². The van der Waals surface area contributed by atoms with Crippen LogP contribution in [0, 0.1) is 11.6 Å². The van der Waals surface area contributed by atoms with Crippen LogP contribution in [-0.4, -0.2) is 48.0 Å². The van der Waals surface area contributed by atoms with E-state index in [4.69, 9.17) is 5.73 Å². The van der Waals surface area contributed by atoms with Gasteiger partial charge in [0.25, 0.3) is 5.91 Å². The minimum absolute atomic E-state index is 0.0401. The number of likely N-dealkylation sites (tertiary alicyclic amines) is 1. The summed E-state index contributed by atoms with van der Waals surface area (Å²) in [5, 5.41) is 6.85. The summed E-state index contributed by atoms with van der Waals surface area (Å²) in [4.78, 5) is 27.3. The quantitative estimate of drug-likeness (QED) is 0.526. The second-order valence-corrected chi connectivity index (χ2v) is 8.27. The van der Waals surface area contributed by atoms with Crippen molar-refractivity contribution in [2.24, 2.45) is 0 Å². The molecule has 2 atom stereocenters. The average molecular weight is 429 g/mol. The van der Waals surface area contributed by atoms with Crippen molar-refractivity contribution in [3.63, 3.8) is 0 Å². The number of rotatable bonds is 2. The molecule has 30 heavy (non-hydrogen) atoms. The highest BCUT2D eigenvalue weighted by molar-refractivity contribution is 7.11. The summed E-state index contributed by atoms with van der Waals surface area (Å²) in [6, 6.07) is 1.98. The molecule has 1 fully saturated rings. The Hall–Kier alpha value is -3.21. The van der Waals surface area contributed by atoms with E-state index in [9.17, 15) is 13.6 Å². The molecule has 5 rings (SSSR count). The Labute approximate surface area is 173 Å². The van der Waals surface area contributed by atoms with Crippen molar-refractivity contribution >= 4 is 39.7 Å². The number of carbonyl (C=O) groups excluding carboxylic acids is 1. The highest BCUT2D eigenvalue weighted by Crippen LogP contribution is 2.31. The maximum atomic E-state index is 14.2. The monoisotopic (exact) mass is 429 g/mol. The van der Waals surface area contributed by atoms with Crippen LogP contribution < -0.4 is 5.73 Å². The zero-order chi connectivity index (χ0) is 21.0. The van der Waals surface area contributed by atoms with Gasteiger partial charge in [-0.3, -0.25) is 4.79 Å². The summed E-state index contributed by atoms with van der Waals surface area (Å²) < 4.78 is 29.3. The minimum atomic E-state index is -0.810. The molecule has 4 heterocycles. The molecule has 4 aromatic rings. The molecule has 0 saturated carbocycles. The lowest BCUT2D eigenvalue weighted by Gasteiger charge is -2.36. The number of carbonyl (C=O) groups is 1. The fourth-order valence-electron chi connectivity index (χ4n) is 3.90. The Morgan fingerprint density at radius 3 is 2.87 bits per heavy atom. The van der Waals surface area contributed by atoms with E-state index >= 15 is 0 Å². The number of anilines is 1. The molecule has 3 aromatic heterocycles. The molecule has 0 bridgehead atoms. The second-order valence-electron chi connectivity index (χ2n) is 7.38. The molecule has 0 spiro atoms. The molecule has 1 aliphatic heterocycles. The van der Waals surface area contributed by atoms with Crippen LogP contribution in [0.4, 0.5) is 14.7 Å². The van der Waals surface area contributed by atoms with Gasteiger partial charge in [-0.1, -0.05) is 0 Å². The van der Waals surface area contributed by atoms with Gasteiger partial charge in [-0.25, -0.2) is 23.7 Å². The number of nitrogen functional groups attached to an aromatic ring is 1. The van der Waals surface area contributed by atoms with E-state index in [2.05, 4.69) is 20.1 Å². The standard InChI is InChI=1S/C19H17F2N7OS/c1-9-2-3-10(8-27(9)18(29)17-23-4-5-30-17)15-25-16-12-6-11(20)7-13(21)14(12)24-19(22)28(16)26-15/h4-7,9-10H,2-3,8H2,1H3,(H2,22,24)/t9-,10+/m0/s1. The summed E-state index contributed by atoms with van der Waals surface area (Å²) in [5.74, 6) is -1.38. The number of thiazole rings is 1. The number of piperidine rings is 1. The van der Waals surface area contributed by atoms with Gasteiger partial charge < -0.3 is 10.6 Å². The smallest absolute Gasteiger partial charge is 0.283 e. The Morgan fingerprint density at radius 2 is 2.10 bits per heavy atom. The van der Waals surface area contributed by atoms with E-state index in [1.807, 2.05) is 6.92 Å². The van der Waals surface area contributed by atoms with Crippen molar-refractivity contribution in [3.8, 4) is 0 Å². The highest BCUT2D eigenvalue weighted by atomic mass is 32.1. The van der Waals surface area contributed by atoms with E-state index in [0.717, 1.165) is 18.9 Å². The predicted molar refractivity (Wildman–Crippen MR) is 107 cm³/mol. The minimum Gasteiger partial charge on any atom is -0.368 e. The normalized spacial score (nSPS) is 19.6. The fraction of sp³-hybridized carbons (Fsp3) is 0.316. The van der Waals surface area contributed by atoms with Gasteiger partial charge in [0.1, 0.15) is 11.3 Å². The van der Waals surface area contributed by atoms with Crippen molar-refractivity contribution in [2.45, 2.75) is 31.7 Å². The third-order valence-electron chi connectivity index (χ3n) is 5.46. The zero-order valence-corrected chi connectivity index (χ0v) is 16.7. The average Bonchev–Trinajstić information content (AvgIpc) is 3.39. The number of fused-ring (bicyclic) bond motifs is 3. The number of aromatic nitrogens is 5. The lowest BCUT2D eigenvalue weighted by Crippen LogP contribution is -2.45. The maximum absolute atomic E-state index is 14.2. The van der Waals surface area contributed by atoms with Gasteiger partial charge in [-0.15, -0.1) is 16.4 Å². The number of halogens is 2. The molecule has 154 valence electrons. The third kappa shape index (κ3) is 2.96. The van der Waals surface area contributed by atoms with Gasteiger partial charge in [-0.2, -0.15) is 4.52 Å². The lowest BCUT2D eigenvalue weighted by molar-refractivity contribution is 0.0606. The maximum Gasteiger partial charge on any atom is 0.283 e. The van der Waals surface area contributed by atoms with Crippen LogP contribution in [-0.2, 0) is 0 Å². The van der Waals surface area contributed by atoms with E-state index < -0.39 is 11.6 Å². The topological polar surface area (TPSA) is 102 Å². The molecule has 1 aliphatic rings. The molecule has 1 aromatic carbocycles. The summed E-state index contributed by atoms with van der Waals surface area (Å²) in [5.41, 5.74) is 6.13. The molecule has 0 radical (unpaired) electrons. The van der Waals surface area contributed by atoms with Crippen molar-refractivity contribution in [1.29, 1.82) is 0 Å². The fourth-order valence-corrected chi connectivity index (χ4v) is 4.49. The first-order valence-electron chi connectivity index (χ1n) is 9.43. The van der Waals surface area contributed by atoms with E-state index in [1.54, 1.807) is 16.5 Å².